The molecule has 1 aliphatic heterocycles. The summed E-state index contributed by atoms with van der Waals surface area (Å²) in [7, 11) is 0. The monoisotopic (exact) mass is 721 g/mol. The van der Waals surface area contributed by atoms with Crippen molar-refractivity contribution in [1.82, 2.24) is 15.0 Å². The number of pyridine rings is 1. The van der Waals surface area contributed by atoms with Crippen LogP contribution in [-0.4, -0.2) is 15.0 Å². The van der Waals surface area contributed by atoms with Crippen molar-refractivity contribution in [2.24, 2.45) is 0 Å². The molecule has 0 fully saturated rings. The van der Waals surface area contributed by atoms with Gasteiger partial charge >= 0.3 is 0 Å². The van der Waals surface area contributed by atoms with Crippen LogP contribution in [0.25, 0.3) is 57.2 Å². The summed E-state index contributed by atoms with van der Waals surface area (Å²) in [4.78, 5) is 17.5. The summed E-state index contributed by atoms with van der Waals surface area (Å²) >= 11 is 1.90. The van der Waals surface area contributed by atoms with Crippen LogP contribution in [-0.2, 0) is 10.8 Å². The van der Waals surface area contributed by atoms with Gasteiger partial charge in [0.25, 0.3) is 0 Å². The number of benzene rings is 6. The van der Waals surface area contributed by atoms with Crippen molar-refractivity contribution in [3.05, 3.63) is 209 Å². The zero-order valence-electron chi connectivity index (χ0n) is 30.5. The fourth-order valence-corrected chi connectivity index (χ4v) is 10.5. The highest BCUT2D eigenvalue weighted by molar-refractivity contribution is 7.99. The molecule has 260 valence electrons. The predicted octanol–water partition coefficient (Wildman–Crippen LogP) is 12.5. The fraction of sp³-hybridized carbons (Fsp3) is 0.0784. The quantitative estimate of drug-likeness (QED) is 0.182. The summed E-state index contributed by atoms with van der Waals surface area (Å²) in [5, 5.41) is 0. The van der Waals surface area contributed by atoms with E-state index >= 15 is 0 Å². The lowest BCUT2D eigenvalue weighted by Gasteiger charge is -2.43. The van der Waals surface area contributed by atoms with E-state index in [-0.39, 0.29) is 5.41 Å². The third-order valence-electron chi connectivity index (χ3n) is 11.9. The molecule has 6 aromatic carbocycles. The Morgan fingerprint density at radius 1 is 0.455 bits per heavy atom. The predicted molar refractivity (Wildman–Crippen MR) is 225 cm³/mol. The minimum atomic E-state index is -0.622. The van der Waals surface area contributed by atoms with Gasteiger partial charge in [0.05, 0.1) is 16.8 Å². The summed E-state index contributed by atoms with van der Waals surface area (Å²) in [6.45, 7) is 4.74. The molecule has 1 atom stereocenters. The highest BCUT2D eigenvalue weighted by Gasteiger charge is 2.48. The Morgan fingerprint density at radius 3 is 1.96 bits per heavy atom. The molecule has 2 aliphatic carbocycles. The normalized spacial score (nSPS) is 16.6. The summed E-state index contributed by atoms with van der Waals surface area (Å²) in [6.07, 6.45) is 8.27. The summed E-state index contributed by atoms with van der Waals surface area (Å²) in [5.41, 5.74) is 16.9. The van der Waals surface area contributed by atoms with E-state index in [0.717, 1.165) is 28.1 Å². The van der Waals surface area contributed by atoms with Crippen molar-refractivity contribution in [2.45, 2.75) is 34.5 Å². The van der Waals surface area contributed by atoms with Gasteiger partial charge in [-0.25, -0.2) is 9.97 Å². The molecule has 1 spiro atoms. The average Bonchev–Trinajstić information content (AvgIpc) is 3.36. The van der Waals surface area contributed by atoms with E-state index in [1.807, 2.05) is 30.1 Å². The van der Waals surface area contributed by atoms with Gasteiger partial charge in [-0.1, -0.05) is 147 Å². The Hall–Kier alpha value is -6.36. The second kappa shape index (κ2) is 12.1. The maximum atomic E-state index is 5.27. The maximum absolute atomic E-state index is 5.27. The van der Waals surface area contributed by atoms with Crippen molar-refractivity contribution < 1.29 is 0 Å². The SMILES string of the molecule is CC1(C)c2ccccc2-c2cc3c(cc21)Sc1ccccc1C31c2ccccc2C=Cc2ccc(-c3nc(-c4ccccc4)cc(-c4cccnc4)n3)cc21. The minimum absolute atomic E-state index is 0.104. The molecular formula is C51H35N3S. The largest absolute Gasteiger partial charge is 0.264 e. The van der Waals surface area contributed by atoms with Gasteiger partial charge in [-0.15, -0.1) is 0 Å². The first kappa shape index (κ1) is 32.1. The van der Waals surface area contributed by atoms with E-state index in [2.05, 4.69) is 171 Å². The highest BCUT2D eigenvalue weighted by Crippen LogP contribution is 2.61. The van der Waals surface area contributed by atoms with Crippen LogP contribution in [0, 0.1) is 0 Å². The Kier molecular flexibility index (Phi) is 7.05. The minimum Gasteiger partial charge on any atom is -0.264 e. The van der Waals surface area contributed by atoms with E-state index in [0.29, 0.717) is 5.82 Å². The van der Waals surface area contributed by atoms with Gasteiger partial charge in [0.1, 0.15) is 0 Å². The van der Waals surface area contributed by atoms with Gasteiger partial charge < -0.3 is 0 Å². The lowest BCUT2D eigenvalue weighted by molar-refractivity contribution is 0.652. The molecule has 3 aliphatic rings. The standard InChI is InChI=1S/C51H35N3S/c1-50(2)40-19-9-7-17-37(40)38-28-44-48(29-43(38)50)55-47-21-11-10-20-41(47)51(44)39-18-8-6-13-32(39)22-23-33-24-25-35(27-42(33)51)49-53-45(34-14-4-3-5-15-34)30-46(54-49)36-16-12-26-52-31-36/h3-31H,1-2H3. The fourth-order valence-electron chi connectivity index (χ4n) is 9.28. The Balaban J connectivity index is 1.23. The smallest absolute Gasteiger partial charge is 0.160 e. The molecule has 0 N–H and O–H groups in total. The van der Waals surface area contributed by atoms with E-state index in [9.17, 15) is 0 Å². The number of aromatic nitrogens is 3. The summed E-state index contributed by atoms with van der Waals surface area (Å²) in [5.74, 6) is 0.683. The van der Waals surface area contributed by atoms with Crippen LogP contribution in [0.1, 0.15) is 58.4 Å². The Morgan fingerprint density at radius 2 is 1.15 bits per heavy atom. The Bertz CT molecular complexity index is 2820. The molecular weight excluding hydrogens is 687 g/mol. The van der Waals surface area contributed by atoms with Gasteiger partial charge in [-0.2, -0.15) is 0 Å². The van der Waals surface area contributed by atoms with E-state index < -0.39 is 5.41 Å². The molecule has 0 amide bonds. The molecule has 8 aromatic rings. The van der Waals surface area contributed by atoms with Gasteiger partial charge in [0.15, 0.2) is 5.82 Å². The van der Waals surface area contributed by atoms with Crippen LogP contribution in [0.5, 0.6) is 0 Å². The summed E-state index contributed by atoms with van der Waals surface area (Å²) in [6, 6.07) is 55.3. The van der Waals surface area contributed by atoms with Crippen LogP contribution in [0.15, 0.2) is 174 Å². The lowest BCUT2D eigenvalue weighted by Crippen LogP contribution is -2.35. The first-order valence-electron chi connectivity index (χ1n) is 18.8. The molecule has 0 saturated heterocycles. The molecule has 3 heterocycles. The zero-order chi connectivity index (χ0) is 36.7. The number of fused-ring (bicyclic) bond motifs is 11. The second-order valence-corrected chi connectivity index (χ2v) is 16.3. The first-order chi connectivity index (χ1) is 27.0. The van der Waals surface area contributed by atoms with Crippen molar-refractivity contribution >= 4 is 23.9 Å². The van der Waals surface area contributed by atoms with Crippen molar-refractivity contribution in [2.75, 3.05) is 0 Å². The summed E-state index contributed by atoms with van der Waals surface area (Å²) < 4.78 is 0. The second-order valence-electron chi connectivity index (χ2n) is 15.2. The van der Waals surface area contributed by atoms with E-state index in [4.69, 9.17) is 9.97 Å². The van der Waals surface area contributed by atoms with Crippen LogP contribution < -0.4 is 0 Å². The van der Waals surface area contributed by atoms with E-state index in [1.165, 1.54) is 65.4 Å². The first-order valence-corrected chi connectivity index (χ1v) is 19.7. The molecule has 0 radical (unpaired) electrons. The van der Waals surface area contributed by atoms with E-state index in [1.54, 1.807) is 6.20 Å². The van der Waals surface area contributed by atoms with Crippen LogP contribution >= 0.6 is 11.8 Å². The molecule has 55 heavy (non-hydrogen) atoms. The van der Waals surface area contributed by atoms with Crippen LogP contribution in [0.4, 0.5) is 0 Å². The molecule has 0 bridgehead atoms. The Labute approximate surface area is 325 Å². The van der Waals surface area contributed by atoms with Gasteiger partial charge in [0.2, 0.25) is 0 Å². The van der Waals surface area contributed by atoms with Crippen molar-refractivity contribution in [1.29, 1.82) is 0 Å². The third kappa shape index (κ3) is 4.74. The topological polar surface area (TPSA) is 38.7 Å². The van der Waals surface area contributed by atoms with Gasteiger partial charge in [-0.05, 0) is 98.1 Å². The van der Waals surface area contributed by atoms with Crippen LogP contribution in [0.3, 0.4) is 0 Å². The molecule has 2 aromatic heterocycles. The number of nitrogens with zero attached hydrogens (tertiary/aromatic N) is 3. The maximum Gasteiger partial charge on any atom is 0.160 e. The molecule has 4 heteroatoms. The average molecular weight is 722 g/mol. The van der Waals surface area contributed by atoms with Crippen LogP contribution in [0.2, 0.25) is 0 Å². The molecule has 1 unspecified atom stereocenters. The zero-order valence-corrected chi connectivity index (χ0v) is 31.3. The molecule has 3 nitrogen and oxygen atoms in total. The van der Waals surface area contributed by atoms with Crippen molar-refractivity contribution in [3.63, 3.8) is 0 Å². The van der Waals surface area contributed by atoms with Gasteiger partial charge in [-0.3, -0.25) is 4.98 Å². The third-order valence-corrected chi connectivity index (χ3v) is 13.0. The molecule has 0 saturated carbocycles. The number of hydrogen-bond acceptors (Lipinski definition) is 4. The van der Waals surface area contributed by atoms with Gasteiger partial charge in [0, 0.05) is 44.3 Å². The van der Waals surface area contributed by atoms with Crippen molar-refractivity contribution in [3.8, 4) is 45.0 Å². The highest BCUT2D eigenvalue weighted by atomic mass is 32.2. The molecule has 11 rings (SSSR count). The number of hydrogen-bond donors (Lipinski definition) is 0. The number of rotatable bonds is 3. The lowest BCUT2D eigenvalue weighted by atomic mass is 9.62.